The largest absolute Gasteiger partial charge is 0.453 e. The molecule has 1 heterocycles. The van der Waals surface area contributed by atoms with E-state index in [-0.39, 0.29) is 0 Å². The van der Waals surface area contributed by atoms with Crippen molar-refractivity contribution < 1.29 is 4.74 Å². The van der Waals surface area contributed by atoms with Crippen molar-refractivity contribution >= 4 is 5.82 Å². The number of nitrogen functional groups attached to an aromatic ring is 1. The number of ether oxygens (including phenoxy) is 1. The maximum atomic E-state index is 5.60. The first-order valence-electron chi connectivity index (χ1n) is 4.54. The number of nitrogens with two attached hydrogens (primary N) is 1. The van der Waals surface area contributed by atoms with Gasteiger partial charge < -0.3 is 10.2 Å². The Labute approximate surface area is 87.7 Å². The molecular weight excluding hydrogens is 190 g/mol. The maximum Gasteiger partial charge on any atom is 0.183 e. The molecule has 0 spiro atoms. The lowest BCUT2D eigenvalue weighted by atomic mass is 10.3. The van der Waals surface area contributed by atoms with Crippen molar-refractivity contribution in [3.63, 3.8) is 0 Å². The molecule has 0 amide bonds. The van der Waals surface area contributed by atoms with Crippen molar-refractivity contribution in [2.75, 3.05) is 5.43 Å². The molecule has 0 saturated heterocycles. The standard InChI is InChI=1S/C11H11N3O/c12-14-11-10(7-4-8-13-11)15-9-5-2-1-3-6-9/h1-8H,12H2,(H,13,14). The van der Waals surface area contributed by atoms with Gasteiger partial charge >= 0.3 is 0 Å². The summed E-state index contributed by atoms with van der Waals surface area (Å²) in [6, 6.07) is 13.1. The van der Waals surface area contributed by atoms with Gasteiger partial charge in [0.15, 0.2) is 11.6 Å². The molecule has 1 aromatic heterocycles. The fourth-order valence-corrected chi connectivity index (χ4v) is 1.20. The van der Waals surface area contributed by atoms with Gasteiger partial charge in [0, 0.05) is 6.20 Å². The molecule has 0 unspecified atom stereocenters. The van der Waals surface area contributed by atoms with Gasteiger partial charge in [-0.3, -0.25) is 0 Å². The fourth-order valence-electron chi connectivity index (χ4n) is 1.20. The van der Waals surface area contributed by atoms with Gasteiger partial charge in [0.25, 0.3) is 0 Å². The maximum absolute atomic E-state index is 5.60. The van der Waals surface area contributed by atoms with Crippen molar-refractivity contribution in [1.29, 1.82) is 0 Å². The SMILES string of the molecule is NNc1ncccc1Oc1ccccc1. The van der Waals surface area contributed by atoms with Gasteiger partial charge in [0.1, 0.15) is 5.75 Å². The first-order chi connectivity index (χ1) is 7.40. The minimum Gasteiger partial charge on any atom is -0.453 e. The summed E-state index contributed by atoms with van der Waals surface area (Å²) < 4.78 is 5.60. The summed E-state index contributed by atoms with van der Waals surface area (Å²) in [6.07, 6.45) is 1.65. The van der Waals surface area contributed by atoms with E-state index in [1.165, 1.54) is 0 Å². The van der Waals surface area contributed by atoms with E-state index in [1.54, 1.807) is 18.3 Å². The third kappa shape index (κ3) is 2.24. The minimum atomic E-state index is 0.515. The van der Waals surface area contributed by atoms with Gasteiger partial charge in [-0.2, -0.15) is 0 Å². The number of rotatable bonds is 3. The van der Waals surface area contributed by atoms with Crippen LogP contribution >= 0.6 is 0 Å². The summed E-state index contributed by atoms with van der Waals surface area (Å²) in [5.41, 5.74) is 2.48. The van der Waals surface area contributed by atoms with Gasteiger partial charge in [0.05, 0.1) is 0 Å². The predicted octanol–water partition coefficient (Wildman–Crippen LogP) is 2.16. The number of anilines is 1. The summed E-state index contributed by atoms with van der Waals surface area (Å²) in [7, 11) is 0. The average Bonchev–Trinajstić information content (AvgIpc) is 2.31. The van der Waals surface area contributed by atoms with E-state index < -0.39 is 0 Å². The lowest BCUT2D eigenvalue weighted by Crippen LogP contribution is -2.09. The quantitative estimate of drug-likeness (QED) is 0.590. The van der Waals surface area contributed by atoms with E-state index in [1.807, 2.05) is 30.3 Å². The van der Waals surface area contributed by atoms with Crippen LogP contribution in [0.15, 0.2) is 48.7 Å². The number of hydrogen-bond acceptors (Lipinski definition) is 4. The Hall–Kier alpha value is -2.07. The highest BCUT2D eigenvalue weighted by Gasteiger charge is 2.02. The average molecular weight is 201 g/mol. The van der Waals surface area contributed by atoms with Gasteiger partial charge in [0.2, 0.25) is 0 Å². The van der Waals surface area contributed by atoms with Crippen LogP contribution in [0, 0.1) is 0 Å². The topological polar surface area (TPSA) is 60.2 Å². The number of nitrogens with one attached hydrogen (secondary N) is 1. The number of pyridine rings is 1. The Morgan fingerprint density at radius 3 is 2.60 bits per heavy atom. The van der Waals surface area contributed by atoms with E-state index >= 15 is 0 Å². The normalized spacial score (nSPS) is 9.67. The highest BCUT2D eigenvalue weighted by molar-refractivity contribution is 5.50. The molecule has 0 aliphatic carbocycles. The minimum absolute atomic E-state index is 0.515. The molecule has 3 N–H and O–H groups in total. The molecule has 2 aromatic rings. The van der Waals surface area contributed by atoms with E-state index in [4.69, 9.17) is 10.6 Å². The van der Waals surface area contributed by atoms with Crippen LogP contribution in [0.3, 0.4) is 0 Å². The first kappa shape index (κ1) is 9.48. The Morgan fingerprint density at radius 1 is 1.07 bits per heavy atom. The molecule has 0 fully saturated rings. The van der Waals surface area contributed by atoms with E-state index in [0.717, 1.165) is 5.75 Å². The summed E-state index contributed by atoms with van der Waals surface area (Å²) >= 11 is 0. The molecule has 2 rings (SSSR count). The van der Waals surface area contributed by atoms with Crippen molar-refractivity contribution in [3.05, 3.63) is 48.7 Å². The van der Waals surface area contributed by atoms with Crippen LogP contribution in [-0.2, 0) is 0 Å². The van der Waals surface area contributed by atoms with Crippen molar-refractivity contribution in [2.24, 2.45) is 5.84 Å². The van der Waals surface area contributed by atoms with Crippen LogP contribution in [0.4, 0.5) is 5.82 Å². The zero-order valence-electron chi connectivity index (χ0n) is 8.05. The van der Waals surface area contributed by atoms with E-state index in [0.29, 0.717) is 11.6 Å². The molecule has 4 nitrogen and oxygen atoms in total. The zero-order valence-corrected chi connectivity index (χ0v) is 8.05. The number of aromatic nitrogens is 1. The zero-order chi connectivity index (χ0) is 10.5. The molecule has 0 radical (unpaired) electrons. The van der Waals surface area contributed by atoms with Gasteiger partial charge in [-0.1, -0.05) is 18.2 Å². The second-order valence-electron chi connectivity index (χ2n) is 2.91. The third-order valence-electron chi connectivity index (χ3n) is 1.88. The molecular formula is C11H11N3O. The molecule has 76 valence electrons. The number of hydrazine groups is 1. The first-order valence-corrected chi connectivity index (χ1v) is 4.54. The van der Waals surface area contributed by atoms with Gasteiger partial charge in [-0.15, -0.1) is 0 Å². The van der Waals surface area contributed by atoms with E-state index in [2.05, 4.69) is 10.4 Å². The van der Waals surface area contributed by atoms with Crippen LogP contribution in [0.1, 0.15) is 0 Å². The van der Waals surface area contributed by atoms with Gasteiger partial charge in [-0.25, -0.2) is 10.8 Å². The molecule has 0 bridgehead atoms. The van der Waals surface area contributed by atoms with Crippen LogP contribution < -0.4 is 16.0 Å². The van der Waals surface area contributed by atoms with Crippen molar-refractivity contribution in [2.45, 2.75) is 0 Å². The molecule has 15 heavy (non-hydrogen) atoms. The molecule has 1 aromatic carbocycles. The molecule has 0 atom stereocenters. The number of nitrogens with zero attached hydrogens (tertiary/aromatic N) is 1. The Morgan fingerprint density at radius 2 is 1.87 bits per heavy atom. The lowest BCUT2D eigenvalue weighted by Gasteiger charge is -2.08. The van der Waals surface area contributed by atoms with Crippen molar-refractivity contribution in [3.8, 4) is 11.5 Å². The van der Waals surface area contributed by atoms with Crippen LogP contribution in [0.25, 0.3) is 0 Å². The predicted molar refractivity (Wildman–Crippen MR) is 58.6 cm³/mol. The van der Waals surface area contributed by atoms with Crippen LogP contribution in [0.5, 0.6) is 11.5 Å². The molecule has 4 heteroatoms. The monoisotopic (exact) mass is 201 g/mol. The summed E-state index contributed by atoms with van der Waals surface area (Å²) in [5.74, 6) is 7.18. The summed E-state index contributed by atoms with van der Waals surface area (Å²) in [6.45, 7) is 0. The highest BCUT2D eigenvalue weighted by Crippen LogP contribution is 2.26. The second-order valence-corrected chi connectivity index (χ2v) is 2.91. The van der Waals surface area contributed by atoms with Crippen LogP contribution in [-0.4, -0.2) is 4.98 Å². The molecule has 0 saturated carbocycles. The number of benzene rings is 1. The Kier molecular flexibility index (Phi) is 2.80. The smallest absolute Gasteiger partial charge is 0.183 e. The summed E-state index contributed by atoms with van der Waals surface area (Å²) in [4.78, 5) is 4.03. The number of para-hydroxylation sites is 1. The van der Waals surface area contributed by atoms with Gasteiger partial charge in [-0.05, 0) is 24.3 Å². The fraction of sp³-hybridized carbons (Fsp3) is 0. The van der Waals surface area contributed by atoms with Crippen molar-refractivity contribution in [1.82, 2.24) is 4.98 Å². The highest BCUT2D eigenvalue weighted by atomic mass is 16.5. The second kappa shape index (κ2) is 4.43. The summed E-state index contributed by atoms with van der Waals surface area (Å²) in [5, 5.41) is 0. The number of hydrogen-bond donors (Lipinski definition) is 2. The lowest BCUT2D eigenvalue weighted by molar-refractivity contribution is 0.482. The Balaban J connectivity index is 2.24. The Bertz CT molecular complexity index is 431. The van der Waals surface area contributed by atoms with Crippen LogP contribution in [0.2, 0.25) is 0 Å². The molecule has 0 aliphatic rings. The van der Waals surface area contributed by atoms with E-state index in [9.17, 15) is 0 Å². The molecule has 0 aliphatic heterocycles. The third-order valence-corrected chi connectivity index (χ3v) is 1.88.